The molecule has 3 rings (SSSR count). The van der Waals surface area contributed by atoms with Gasteiger partial charge in [0.25, 0.3) is 0 Å². The standard InChI is InChI=1S/C19H27N5O/c1-14(2)25-17-12-8-7-11-16(17)22-18-13-20-24-19(23-18)21-15-9-5-3-4-6-10-15/h7-8,11-15H,3-6,9-10H2,1-2H3,(H2,21,22,23,24). The molecule has 0 radical (unpaired) electrons. The minimum Gasteiger partial charge on any atom is -0.489 e. The van der Waals surface area contributed by atoms with Crippen LogP contribution in [0.5, 0.6) is 5.75 Å². The number of nitrogens with zero attached hydrogens (tertiary/aromatic N) is 3. The van der Waals surface area contributed by atoms with Gasteiger partial charge in [-0.2, -0.15) is 10.1 Å². The zero-order valence-electron chi connectivity index (χ0n) is 15.0. The molecule has 134 valence electrons. The molecule has 1 aromatic heterocycles. The minimum atomic E-state index is 0.110. The molecule has 0 spiro atoms. The van der Waals surface area contributed by atoms with Crippen molar-refractivity contribution in [1.29, 1.82) is 0 Å². The molecule has 6 nitrogen and oxygen atoms in total. The predicted molar refractivity (Wildman–Crippen MR) is 100 cm³/mol. The van der Waals surface area contributed by atoms with Crippen molar-refractivity contribution in [3.63, 3.8) is 0 Å². The van der Waals surface area contributed by atoms with Gasteiger partial charge in [-0.1, -0.05) is 37.8 Å². The first-order chi connectivity index (χ1) is 12.2. The highest BCUT2D eigenvalue weighted by atomic mass is 16.5. The van der Waals surface area contributed by atoms with Gasteiger partial charge in [-0.15, -0.1) is 5.10 Å². The van der Waals surface area contributed by atoms with Crippen molar-refractivity contribution in [1.82, 2.24) is 15.2 Å². The number of benzene rings is 1. The summed E-state index contributed by atoms with van der Waals surface area (Å²) in [5.41, 5.74) is 0.872. The molecule has 0 unspecified atom stereocenters. The zero-order chi connectivity index (χ0) is 17.5. The first-order valence-corrected chi connectivity index (χ1v) is 9.19. The number of ether oxygens (including phenoxy) is 1. The summed E-state index contributed by atoms with van der Waals surface area (Å²) in [5.74, 6) is 2.04. The van der Waals surface area contributed by atoms with Gasteiger partial charge in [-0.3, -0.25) is 0 Å². The van der Waals surface area contributed by atoms with E-state index >= 15 is 0 Å². The molecule has 6 heteroatoms. The highest BCUT2D eigenvalue weighted by Gasteiger charge is 2.14. The summed E-state index contributed by atoms with van der Waals surface area (Å²) in [5, 5.41) is 14.9. The lowest BCUT2D eigenvalue weighted by Crippen LogP contribution is -2.20. The Hall–Kier alpha value is -2.37. The smallest absolute Gasteiger partial charge is 0.244 e. The number of rotatable bonds is 6. The molecular weight excluding hydrogens is 314 g/mol. The molecule has 1 aliphatic rings. The Morgan fingerprint density at radius 3 is 2.60 bits per heavy atom. The largest absolute Gasteiger partial charge is 0.489 e. The van der Waals surface area contributed by atoms with E-state index in [0.29, 0.717) is 17.8 Å². The van der Waals surface area contributed by atoms with Crippen LogP contribution in [0.25, 0.3) is 0 Å². The van der Waals surface area contributed by atoms with Gasteiger partial charge in [0, 0.05) is 6.04 Å². The Morgan fingerprint density at radius 1 is 1.08 bits per heavy atom. The van der Waals surface area contributed by atoms with Crippen LogP contribution in [-0.4, -0.2) is 27.3 Å². The number of para-hydroxylation sites is 2. The fraction of sp³-hybridized carbons (Fsp3) is 0.526. The van der Waals surface area contributed by atoms with Gasteiger partial charge < -0.3 is 15.4 Å². The number of hydrogen-bond donors (Lipinski definition) is 2. The molecule has 1 fully saturated rings. The van der Waals surface area contributed by atoms with E-state index < -0.39 is 0 Å². The molecule has 1 heterocycles. The Kier molecular flexibility index (Phi) is 6.04. The normalized spacial score (nSPS) is 15.6. The molecule has 0 aliphatic heterocycles. The second kappa shape index (κ2) is 8.65. The second-order valence-electron chi connectivity index (χ2n) is 6.79. The lowest BCUT2D eigenvalue weighted by molar-refractivity contribution is 0.244. The molecule has 2 N–H and O–H groups in total. The molecule has 1 aromatic carbocycles. The molecule has 0 atom stereocenters. The maximum atomic E-state index is 5.84. The third-order valence-electron chi connectivity index (χ3n) is 4.26. The van der Waals surface area contributed by atoms with E-state index in [-0.39, 0.29) is 6.10 Å². The van der Waals surface area contributed by atoms with E-state index in [1.54, 1.807) is 6.20 Å². The predicted octanol–water partition coefficient (Wildman–Crippen LogP) is 4.54. The molecule has 25 heavy (non-hydrogen) atoms. The number of anilines is 3. The van der Waals surface area contributed by atoms with Gasteiger partial charge >= 0.3 is 0 Å². The number of nitrogens with one attached hydrogen (secondary N) is 2. The van der Waals surface area contributed by atoms with E-state index in [9.17, 15) is 0 Å². The lowest BCUT2D eigenvalue weighted by Gasteiger charge is -2.17. The van der Waals surface area contributed by atoms with Crippen LogP contribution < -0.4 is 15.4 Å². The van der Waals surface area contributed by atoms with Gasteiger partial charge in [0.05, 0.1) is 18.0 Å². The van der Waals surface area contributed by atoms with Crippen LogP contribution in [-0.2, 0) is 0 Å². The van der Waals surface area contributed by atoms with E-state index in [1.165, 1.54) is 38.5 Å². The van der Waals surface area contributed by atoms with Crippen LogP contribution in [0.2, 0.25) is 0 Å². The second-order valence-corrected chi connectivity index (χ2v) is 6.79. The van der Waals surface area contributed by atoms with Gasteiger partial charge in [0.15, 0.2) is 5.82 Å². The van der Waals surface area contributed by atoms with E-state index in [2.05, 4.69) is 25.8 Å². The summed E-state index contributed by atoms with van der Waals surface area (Å²) in [7, 11) is 0. The molecular formula is C19H27N5O. The van der Waals surface area contributed by atoms with Crippen molar-refractivity contribution >= 4 is 17.5 Å². The molecule has 0 saturated heterocycles. The van der Waals surface area contributed by atoms with Crippen molar-refractivity contribution in [3.05, 3.63) is 30.5 Å². The molecule has 1 saturated carbocycles. The number of hydrogen-bond acceptors (Lipinski definition) is 6. The van der Waals surface area contributed by atoms with Crippen LogP contribution in [0.3, 0.4) is 0 Å². The SMILES string of the molecule is CC(C)Oc1ccccc1Nc1cnnc(NC2CCCCCC2)n1. The van der Waals surface area contributed by atoms with Crippen LogP contribution >= 0.6 is 0 Å². The minimum absolute atomic E-state index is 0.110. The summed E-state index contributed by atoms with van der Waals surface area (Å²) in [6.07, 6.45) is 9.27. The molecule has 0 bridgehead atoms. The summed E-state index contributed by atoms with van der Waals surface area (Å²) in [6.45, 7) is 4.02. The Balaban J connectivity index is 1.69. The Labute approximate surface area is 149 Å². The van der Waals surface area contributed by atoms with Crippen LogP contribution in [0, 0.1) is 0 Å². The summed E-state index contributed by atoms with van der Waals surface area (Å²) < 4.78 is 5.84. The van der Waals surface area contributed by atoms with Crippen molar-refractivity contribution in [2.75, 3.05) is 10.6 Å². The van der Waals surface area contributed by atoms with Crippen molar-refractivity contribution < 1.29 is 4.74 Å². The first-order valence-electron chi connectivity index (χ1n) is 9.19. The molecule has 0 amide bonds. The quantitative estimate of drug-likeness (QED) is 0.752. The van der Waals surface area contributed by atoms with E-state index in [0.717, 1.165) is 11.4 Å². The van der Waals surface area contributed by atoms with Crippen LogP contribution in [0.4, 0.5) is 17.5 Å². The van der Waals surface area contributed by atoms with Gasteiger partial charge in [-0.25, -0.2) is 0 Å². The van der Waals surface area contributed by atoms with E-state index in [1.807, 2.05) is 38.1 Å². The summed E-state index contributed by atoms with van der Waals surface area (Å²) in [4.78, 5) is 4.56. The van der Waals surface area contributed by atoms with Gasteiger partial charge in [0.1, 0.15) is 5.75 Å². The average molecular weight is 341 g/mol. The Morgan fingerprint density at radius 2 is 1.84 bits per heavy atom. The number of aromatic nitrogens is 3. The van der Waals surface area contributed by atoms with Crippen LogP contribution in [0.15, 0.2) is 30.5 Å². The Bertz CT molecular complexity index is 668. The summed E-state index contributed by atoms with van der Waals surface area (Å²) >= 11 is 0. The fourth-order valence-corrected chi connectivity index (χ4v) is 3.10. The summed E-state index contributed by atoms with van der Waals surface area (Å²) in [6, 6.07) is 8.28. The molecule has 1 aliphatic carbocycles. The van der Waals surface area contributed by atoms with E-state index in [4.69, 9.17) is 4.74 Å². The third kappa shape index (κ3) is 5.31. The topological polar surface area (TPSA) is 72.0 Å². The van der Waals surface area contributed by atoms with Crippen LogP contribution in [0.1, 0.15) is 52.4 Å². The zero-order valence-corrected chi connectivity index (χ0v) is 15.0. The highest BCUT2D eigenvalue weighted by molar-refractivity contribution is 5.64. The van der Waals surface area contributed by atoms with Crippen molar-refractivity contribution in [3.8, 4) is 5.75 Å². The van der Waals surface area contributed by atoms with Crippen molar-refractivity contribution in [2.45, 2.75) is 64.5 Å². The lowest BCUT2D eigenvalue weighted by atomic mass is 10.1. The van der Waals surface area contributed by atoms with Gasteiger partial charge in [0.2, 0.25) is 5.95 Å². The average Bonchev–Trinajstić information content (AvgIpc) is 2.85. The fourth-order valence-electron chi connectivity index (χ4n) is 3.10. The van der Waals surface area contributed by atoms with Gasteiger partial charge in [-0.05, 0) is 38.8 Å². The first kappa shape index (κ1) is 17.5. The van der Waals surface area contributed by atoms with Crippen molar-refractivity contribution in [2.24, 2.45) is 0 Å². The third-order valence-corrected chi connectivity index (χ3v) is 4.26. The maximum Gasteiger partial charge on any atom is 0.244 e. The maximum absolute atomic E-state index is 5.84. The molecule has 2 aromatic rings. The monoisotopic (exact) mass is 341 g/mol. The highest BCUT2D eigenvalue weighted by Crippen LogP contribution is 2.27.